The average Bonchev–Trinajstić information content (AvgIpc) is 2.99. The van der Waals surface area contributed by atoms with Crippen LogP contribution in [0.5, 0.6) is 0 Å². The number of benzene rings is 2. The Labute approximate surface area is 136 Å². The lowest BCUT2D eigenvalue weighted by Crippen LogP contribution is -1.97. The molecule has 6 heteroatoms. The number of halogens is 2. The molecule has 4 aromatic rings. The van der Waals surface area contributed by atoms with Gasteiger partial charge in [0.05, 0.1) is 21.7 Å². The summed E-state index contributed by atoms with van der Waals surface area (Å²) in [7, 11) is 0. The van der Waals surface area contributed by atoms with Gasteiger partial charge in [-0.1, -0.05) is 41.4 Å². The molecular formula is C16H10Cl2N4. The molecule has 0 spiro atoms. The second kappa shape index (κ2) is 4.93. The molecule has 0 aliphatic rings. The summed E-state index contributed by atoms with van der Waals surface area (Å²) in [5, 5.41) is 9.32. The van der Waals surface area contributed by atoms with Crippen LogP contribution in [0.1, 0.15) is 5.69 Å². The smallest absolute Gasteiger partial charge is 0.182 e. The summed E-state index contributed by atoms with van der Waals surface area (Å²) in [6.45, 7) is 1.90. The summed E-state index contributed by atoms with van der Waals surface area (Å²) in [5.74, 6) is 0. The van der Waals surface area contributed by atoms with Crippen molar-refractivity contribution in [3.05, 3.63) is 58.5 Å². The zero-order chi connectivity index (χ0) is 15.3. The predicted octanol–water partition coefficient (Wildman–Crippen LogP) is 4.56. The second-order valence-corrected chi connectivity index (χ2v) is 5.81. The Balaban J connectivity index is 2.21. The zero-order valence-corrected chi connectivity index (χ0v) is 13.1. The first kappa shape index (κ1) is 13.5. The highest BCUT2D eigenvalue weighted by atomic mass is 35.5. The van der Waals surface area contributed by atoms with Gasteiger partial charge in [-0.25, -0.2) is 4.98 Å². The highest BCUT2D eigenvalue weighted by Gasteiger charge is 2.16. The van der Waals surface area contributed by atoms with Crippen LogP contribution >= 0.6 is 23.2 Å². The Morgan fingerprint density at radius 2 is 1.82 bits per heavy atom. The van der Waals surface area contributed by atoms with Crippen molar-refractivity contribution in [2.75, 3.05) is 0 Å². The standard InChI is InChI=1S/C16H10Cl2N4/c1-9-16-21-19-8-22(16)13-7-6-12(18)14(15(13)20-9)10-4-2-3-5-11(10)17/h2-8H,1H3. The van der Waals surface area contributed by atoms with Crippen molar-refractivity contribution in [2.24, 2.45) is 0 Å². The molecule has 2 heterocycles. The van der Waals surface area contributed by atoms with Crippen LogP contribution in [-0.2, 0) is 0 Å². The lowest BCUT2D eigenvalue weighted by atomic mass is 10.0. The minimum atomic E-state index is 0.611. The van der Waals surface area contributed by atoms with Gasteiger partial charge in [0.1, 0.15) is 6.33 Å². The molecule has 0 radical (unpaired) electrons. The quantitative estimate of drug-likeness (QED) is 0.514. The Hall–Kier alpha value is -2.17. The first-order chi connectivity index (χ1) is 10.7. The molecule has 0 unspecified atom stereocenters. The van der Waals surface area contributed by atoms with Crippen molar-refractivity contribution >= 4 is 39.9 Å². The Kier molecular flexibility index (Phi) is 3.03. The van der Waals surface area contributed by atoms with Crippen LogP contribution in [0.25, 0.3) is 27.8 Å². The van der Waals surface area contributed by atoms with E-state index in [1.165, 1.54) is 0 Å². The van der Waals surface area contributed by atoms with Gasteiger partial charge in [-0.05, 0) is 25.1 Å². The van der Waals surface area contributed by atoms with Gasteiger partial charge >= 0.3 is 0 Å². The van der Waals surface area contributed by atoms with E-state index in [0.717, 1.165) is 33.5 Å². The number of hydrogen-bond donors (Lipinski definition) is 0. The van der Waals surface area contributed by atoms with Gasteiger partial charge < -0.3 is 0 Å². The molecule has 4 nitrogen and oxygen atoms in total. The number of rotatable bonds is 1. The summed E-state index contributed by atoms with van der Waals surface area (Å²) in [5.41, 5.74) is 4.89. The molecule has 2 aromatic carbocycles. The first-order valence-corrected chi connectivity index (χ1v) is 7.46. The lowest BCUT2D eigenvalue weighted by molar-refractivity contribution is 1.10. The van der Waals surface area contributed by atoms with Crippen LogP contribution in [0.15, 0.2) is 42.7 Å². The SMILES string of the molecule is Cc1nc2c(-c3ccccc3Cl)c(Cl)ccc2n2cnnc12. The molecule has 0 bridgehead atoms. The van der Waals surface area contributed by atoms with Crippen LogP contribution < -0.4 is 0 Å². The third kappa shape index (κ3) is 1.88. The summed E-state index contributed by atoms with van der Waals surface area (Å²) in [4.78, 5) is 4.69. The fourth-order valence-electron chi connectivity index (χ4n) is 2.66. The van der Waals surface area contributed by atoms with E-state index in [1.54, 1.807) is 6.33 Å². The van der Waals surface area contributed by atoms with E-state index >= 15 is 0 Å². The minimum Gasteiger partial charge on any atom is -0.278 e. The van der Waals surface area contributed by atoms with Crippen molar-refractivity contribution in [3.63, 3.8) is 0 Å². The molecule has 0 N–H and O–H groups in total. The van der Waals surface area contributed by atoms with E-state index < -0.39 is 0 Å². The molecule has 0 saturated heterocycles. The Bertz CT molecular complexity index is 1020. The molecule has 22 heavy (non-hydrogen) atoms. The summed E-state index contributed by atoms with van der Waals surface area (Å²) in [6.07, 6.45) is 1.68. The fraction of sp³-hybridized carbons (Fsp3) is 0.0625. The monoisotopic (exact) mass is 328 g/mol. The van der Waals surface area contributed by atoms with Gasteiger partial charge in [-0.15, -0.1) is 10.2 Å². The molecule has 0 aliphatic carbocycles. The number of aromatic nitrogens is 4. The number of hydrogen-bond acceptors (Lipinski definition) is 3. The number of nitrogens with zero attached hydrogens (tertiary/aromatic N) is 4. The summed E-state index contributed by atoms with van der Waals surface area (Å²) >= 11 is 12.8. The van der Waals surface area contributed by atoms with Gasteiger partial charge in [0, 0.05) is 16.1 Å². The fourth-order valence-corrected chi connectivity index (χ4v) is 3.14. The van der Waals surface area contributed by atoms with E-state index in [2.05, 4.69) is 15.2 Å². The molecule has 2 aromatic heterocycles. The van der Waals surface area contributed by atoms with Crippen LogP contribution in [0.4, 0.5) is 0 Å². The average molecular weight is 329 g/mol. The van der Waals surface area contributed by atoms with Crippen LogP contribution in [0.3, 0.4) is 0 Å². The van der Waals surface area contributed by atoms with Crippen LogP contribution in [-0.4, -0.2) is 19.6 Å². The topological polar surface area (TPSA) is 43.1 Å². The summed E-state index contributed by atoms with van der Waals surface area (Å²) < 4.78 is 1.91. The van der Waals surface area contributed by atoms with E-state index in [-0.39, 0.29) is 0 Å². The van der Waals surface area contributed by atoms with Crippen molar-refractivity contribution in [2.45, 2.75) is 6.92 Å². The van der Waals surface area contributed by atoms with E-state index in [1.807, 2.05) is 47.7 Å². The van der Waals surface area contributed by atoms with Crippen LogP contribution in [0.2, 0.25) is 10.0 Å². The normalized spacial score (nSPS) is 11.4. The minimum absolute atomic E-state index is 0.611. The zero-order valence-electron chi connectivity index (χ0n) is 11.6. The number of aryl methyl sites for hydroxylation is 1. The van der Waals surface area contributed by atoms with Crippen molar-refractivity contribution in [1.82, 2.24) is 19.6 Å². The van der Waals surface area contributed by atoms with E-state index in [9.17, 15) is 0 Å². The molecule has 0 atom stereocenters. The molecule has 108 valence electrons. The van der Waals surface area contributed by atoms with Crippen molar-refractivity contribution in [3.8, 4) is 11.1 Å². The molecule has 0 saturated carbocycles. The molecule has 0 amide bonds. The predicted molar refractivity (Wildman–Crippen MR) is 88.5 cm³/mol. The molecular weight excluding hydrogens is 319 g/mol. The molecule has 0 aliphatic heterocycles. The second-order valence-electron chi connectivity index (χ2n) is 4.99. The van der Waals surface area contributed by atoms with Crippen LogP contribution in [0, 0.1) is 6.92 Å². The third-order valence-corrected chi connectivity index (χ3v) is 4.30. The van der Waals surface area contributed by atoms with Gasteiger partial charge in [0.25, 0.3) is 0 Å². The highest BCUT2D eigenvalue weighted by Crippen LogP contribution is 2.38. The van der Waals surface area contributed by atoms with Crippen molar-refractivity contribution < 1.29 is 0 Å². The third-order valence-electron chi connectivity index (χ3n) is 3.66. The first-order valence-electron chi connectivity index (χ1n) is 6.70. The molecule has 0 fully saturated rings. The Morgan fingerprint density at radius 3 is 2.64 bits per heavy atom. The van der Waals surface area contributed by atoms with E-state index in [0.29, 0.717) is 10.0 Å². The molecule has 4 rings (SSSR count). The maximum Gasteiger partial charge on any atom is 0.182 e. The number of fused-ring (bicyclic) bond motifs is 3. The van der Waals surface area contributed by atoms with E-state index in [4.69, 9.17) is 23.2 Å². The van der Waals surface area contributed by atoms with Gasteiger partial charge in [-0.3, -0.25) is 4.40 Å². The summed E-state index contributed by atoms with van der Waals surface area (Å²) in [6, 6.07) is 11.4. The lowest BCUT2D eigenvalue weighted by Gasteiger charge is -2.12. The Morgan fingerprint density at radius 1 is 1.00 bits per heavy atom. The van der Waals surface area contributed by atoms with Crippen molar-refractivity contribution in [1.29, 1.82) is 0 Å². The maximum absolute atomic E-state index is 6.45. The van der Waals surface area contributed by atoms with Gasteiger partial charge in [-0.2, -0.15) is 0 Å². The van der Waals surface area contributed by atoms with Gasteiger partial charge in [0.2, 0.25) is 0 Å². The largest absolute Gasteiger partial charge is 0.278 e. The van der Waals surface area contributed by atoms with Gasteiger partial charge in [0.15, 0.2) is 5.65 Å². The maximum atomic E-state index is 6.45. The highest BCUT2D eigenvalue weighted by molar-refractivity contribution is 6.37.